The minimum Gasteiger partial charge on any atom is -0.506 e. The van der Waals surface area contributed by atoms with Crippen LogP contribution in [0, 0.1) is 0 Å². The summed E-state index contributed by atoms with van der Waals surface area (Å²) in [6, 6.07) is 13.5. The number of hydrogen-bond acceptors (Lipinski definition) is 5. The number of para-hydroxylation sites is 1. The summed E-state index contributed by atoms with van der Waals surface area (Å²) in [5.41, 5.74) is 4.43. The van der Waals surface area contributed by atoms with Crippen molar-refractivity contribution < 1.29 is 14.7 Å². The Bertz CT molecular complexity index is 1110. The number of amides is 2. The molecule has 0 saturated carbocycles. The van der Waals surface area contributed by atoms with Gasteiger partial charge in [-0.1, -0.05) is 28.1 Å². The van der Waals surface area contributed by atoms with E-state index in [0.717, 1.165) is 0 Å². The average Bonchev–Trinajstić information content (AvgIpc) is 2.73. The molecule has 0 saturated heterocycles. The monoisotopic (exact) mass is 516 g/mol. The topological polar surface area (TPSA) is 94.6 Å². The second kappa shape index (κ2) is 7.84. The van der Waals surface area contributed by atoms with Gasteiger partial charge in [-0.2, -0.15) is 0 Å². The number of carbonyl (C=O) groups is 2. The molecule has 0 spiro atoms. The van der Waals surface area contributed by atoms with E-state index in [1.54, 1.807) is 48.5 Å². The van der Waals surface area contributed by atoms with Gasteiger partial charge in [-0.25, -0.2) is 5.01 Å². The molecule has 4 rings (SSSR count). The van der Waals surface area contributed by atoms with E-state index in [2.05, 4.69) is 47.6 Å². The van der Waals surface area contributed by atoms with Gasteiger partial charge in [0.25, 0.3) is 11.8 Å². The summed E-state index contributed by atoms with van der Waals surface area (Å²) in [6.45, 7) is 0. The number of phenolic OH excluding ortho intramolecular Hbond substituents is 1. The van der Waals surface area contributed by atoms with Crippen molar-refractivity contribution in [3.8, 4) is 5.75 Å². The van der Waals surface area contributed by atoms with E-state index in [1.165, 1.54) is 17.4 Å². The van der Waals surface area contributed by atoms with Crippen molar-refractivity contribution in [2.45, 2.75) is 6.17 Å². The van der Waals surface area contributed by atoms with Crippen molar-refractivity contribution in [1.82, 2.24) is 15.4 Å². The van der Waals surface area contributed by atoms with E-state index in [1.807, 2.05) is 0 Å². The van der Waals surface area contributed by atoms with Crippen LogP contribution in [0.15, 0.2) is 69.9 Å². The third-order valence-electron chi connectivity index (χ3n) is 4.44. The average molecular weight is 518 g/mol. The zero-order valence-corrected chi connectivity index (χ0v) is 17.9. The smallest absolute Gasteiger partial charge is 0.276 e. The molecule has 0 aliphatic carbocycles. The lowest BCUT2D eigenvalue weighted by Gasteiger charge is -2.38. The van der Waals surface area contributed by atoms with Gasteiger partial charge >= 0.3 is 0 Å². The van der Waals surface area contributed by atoms with Crippen molar-refractivity contribution in [2.24, 2.45) is 0 Å². The predicted octanol–water partition coefficient (Wildman–Crippen LogP) is 4.22. The molecule has 1 aliphatic rings. The number of aromatic hydroxyl groups is 1. The summed E-state index contributed by atoms with van der Waals surface area (Å²) in [5.74, 6) is -0.913. The Hall–Kier alpha value is -2.91. The summed E-state index contributed by atoms with van der Waals surface area (Å²) in [7, 11) is 0. The van der Waals surface area contributed by atoms with Gasteiger partial charge in [0.05, 0.1) is 10.0 Å². The lowest BCUT2D eigenvalue weighted by Crippen LogP contribution is -2.52. The molecule has 2 heterocycles. The Morgan fingerprint density at radius 3 is 2.62 bits per heavy atom. The van der Waals surface area contributed by atoms with Crippen LogP contribution < -0.4 is 10.7 Å². The number of hydrazine groups is 1. The molecule has 1 aliphatic heterocycles. The number of hydrogen-bond donors (Lipinski definition) is 3. The van der Waals surface area contributed by atoms with Gasteiger partial charge in [0.15, 0.2) is 6.17 Å². The van der Waals surface area contributed by atoms with Crippen molar-refractivity contribution in [3.05, 3.63) is 86.6 Å². The van der Waals surface area contributed by atoms with Crippen molar-refractivity contribution in [2.75, 3.05) is 5.32 Å². The largest absolute Gasteiger partial charge is 0.506 e. The lowest BCUT2D eigenvalue weighted by atomic mass is 10.0. The SMILES string of the molecule is O=C(NN1C(=O)c2ccccc2NC1c1cc(Br)cc(Br)c1O)c1ccncc1. The summed E-state index contributed by atoms with van der Waals surface area (Å²) in [5, 5.41) is 15.0. The highest BCUT2D eigenvalue weighted by molar-refractivity contribution is 9.11. The normalized spacial score (nSPS) is 15.4. The third-order valence-corrected chi connectivity index (χ3v) is 5.51. The first-order chi connectivity index (χ1) is 14.0. The first-order valence-electron chi connectivity index (χ1n) is 8.54. The van der Waals surface area contributed by atoms with Crippen LogP contribution >= 0.6 is 31.9 Å². The number of halogens is 2. The Morgan fingerprint density at radius 1 is 1.14 bits per heavy atom. The van der Waals surface area contributed by atoms with Crippen LogP contribution in [0.3, 0.4) is 0 Å². The summed E-state index contributed by atoms with van der Waals surface area (Å²) >= 11 is 6.71. The van der Waals surface area contributed by atoms with E-state index < -0.39 is 18.0 Å². The van der Waals surface area contributed by atoms with E-state index >= 15 is 0 Å². The molecule has 146 valence electrons. The molecule has 2 amide bonds. The summed E-state index contributed by atoms with van der Waals surface area (Å²) < 4.78 is 1.15. The molecular weight excluding hydrogens is 504 g/mol. The molecule has 3 N–H and O–H groups in total. The zero-order valence-electron chi connectivity index (χ0n) is 14.8. The van der Waals surface area contributed by atoms with Crippen LogP contribution in [0.1, 0.15) is 32.4 Å². The van der Waals surface area contributed by atoms with Crippen LogP contribution in [0.2, 0.25) is 0 Å². The molecule has 2 aromatic carbocycles. The van der Waals surface area contributed by atoms with Gasteiger partial charge in [0.2, 0.25) is 0 Å². The van der Waals surface area contributed by atoms with Gasteiger partial charge in [0.1, 0.15) is 5.75 Å². The minimum atomic E-state index is -0.836. The van der Waals surface area contributed by atoms with E-state index in [4.69, 9.17) is 0 Å². The zero-order chi connectivity index (χ0) is 20.5. The van der Waals surface area contributed by atoms with E-state index in [-0.39, 0.29) is 5.75 Å². The second-order valence-electron chi connectivity index (χ2n) is 6.27. The van der Waals surface area contributed by atoms with Gasteiger partial charge in [-0.3, -0.25) is 20.0 Å². The summed E-state index contributed by atoms with van der Waals surface area (Å²) in [6.07, 6.45) is 2.15. The van der Waals surface area contributed by atoms with Gasteiger partial charge in [0, 0.05) is 33.7 Å². The highest BCUT2D eigenvalue weighted by Gasteiger charge is 2.36. The number of rotatable bonds is 3. The number of anilines is 1. The van der Waals surface area contributed by atoms with Crippen LogP contribution in [-0.2, 0) is 0 Å². The fourth-order valence-corrected chi connectivity index (χ4v) is 4.32. The Morgan fingerprint density at radius 2 is 1.86 bits per heavy atom. The number of benzene rings is 2. The minimum absolute atomic E-state index is 0.0407. The van der Waals surface area contributed by atoms with E-state index in [9.17, 15) is 14.7 Å². The number of phenols is 1. The molecule has 0 bridgehead atoms. The van der Waals surface area contributed by atoms with Crippen LogP contribution in [0.4, 0.5) is 5.69 Å². The van der Waals surface area contributed by atoms with Gasteiger partial charge in [-0.15, -0.1) is 0 Å². The van der Waals surface area contributed by atoms with Crippen LogP contribution in [0.25, 0.3) is 0 Å². The van der Waals surface area contributed by atoms with Crippen LogP contribution in [0.5, 0.6) is 5.75 Å². The quantitative estimate of drug-likeness (QED) is 0.483. The van der Waals surface area contributed by atoms with Crippen molar-refractivity contribution >= 4 is 49.4 Å². The number of fused-ring (bicyclic) bond motifs is 1. The van der Waals surface area contributed by atoms with Gasteiger partial charge in [-0.05, 0) is 52.3 Å². The number of pyridine rings is 1. The molecule has 0 fully saturated rings. The molecule has 7 nitrogen and oxygen atoms in total. The molecule has 1 aromatic heterocycles. The highest BCUT2D eigenvalue weighted by Crippen LogP contribution is 2.40. The number of nitrogens with one attached hydrogen (secondary N) is 2. The standard InChI is InChI=1S/C20H14Br2N4O3/c21-12-9-14(17(27)15(22)10-12)18-24-16-4-2-1-3-13(16)20(29)26(18)25-19(28)11-5-7-23-8-6-11/h1-10,18,24,27H,(H,25,28). The number of aromatic nitrogens is 1. The number of carbonyl (C=O) groups excluding carboxylic acids is 2. The lowest BCUT2D eigenvalue weighted by molar-refractivity contribution is 0.0488. The van der Waals surface area contributed by atoms with Crippen molar-refractivity contribution in [1.29, 1.82) is 0 Å². The maximum absolute atomic E-state index is 13.2. The Kier molecular flexibility index (Phi) is 5.25. The third kappa shape index (κ3) is 3.70. The maximum Gasteiger partial charge on any atom is 0.276 e. The first kappa shape index (κ1) is 19.4. The molecule has 9 heteroatoms. The molecule has 1 unspecified atom stereocenters. The molecule has 3 aromatic rings. The predicted molar refractivity (Wildman–Crippen MR) is 114 cm³/mol. The Labute approximate surface area is 183 Å². The molecular formula is C20H14Br2N4O3. The number of nitrogens with zero attached hydrogens (tertiary/aromatic N) is 2. The van der Waals surface area contributed by atoms with E-state index in [0.29, 0.717) is 31.3 Å². The first-order valence-corrected chi connectivity index (χ1v) is 10.1. The van der Waals surface area contributed by atoms with Crippen molar-refractivity contribution in [3.63, 3.8) is 0 Å². The molecule has 29 heavy (non-hydrogen) atoms. The summed E-state index contributed by atoms with van der Waals surface area (Å²) in [4.78, 5) is 29.8. The van der Waals surface area contributed by atoms with Gasteiger partial charge < -0.3 is 10.4 Å². The molecule has 0 radical (unpaired) electrons. The highest BCUT2D eigenvalue weighted by atomic mass is 79.9. The maximum atomic E-state index is 13.2. The fraction of sp³-hybridized carbons (Fsp3) is 0.0500. The second-order valence-corrected chi connectivity index (χ2v) is 8.04. The van der Waals surface area contributed by atoms with Crippen LogP contribution in [-0.4, -0.2) is 26.9 Å². The Balaban J connectivity index is 1.79. The molecule has 1 atom stereocenters. The fourth-order valence-electron chi connectivity index (χ4n) is 3.06.